The van der Waals surface area contributed by atoms with Gasteiger partial charge in [0.1, 0.15) is 23.9 Å². The molecule has 1 aromatic carbocycles. The number of hydrogen-bond donors (Lipinski definition) is 2. The predicted molar refractivity (Wildman–Crippen MR) is 225 cm³/mol. The number of Topliss-reactive ketones (excluding diaryl/α,β-unsaturated/α-hetero) is 1. The first-order valence-electron chi connectivity index (χ1n) is 21.7. The first-order chi connectivity index (χ1) is 30.2. The summed E-state index contributed by atoms with van der Waals surface area (Å²) in [6.45, 7) is 15.7. The van der Waals surface area contributed by atoms with Crippen LogP contribution in [0.5, 0.6) is 0 Å². The molecule has 4 fully saturated rings. The van der Waals surface area contributed by atoms with E-state index in [1.165, 1.54) is 47.2 Å². The highest BCUT2D eigenvalue weighted by molar-refractivity contribution is 5.95. The molecule has 358 valence electrons. The van der Waals surface area contributed by atoms with Gasteiger partial charge in [-0.3, -0.25) is 9.59 Å². The molecule has 0 aromatic heterocycles. The summed E-state index contributed by atoms with van der Waals surface area (Å²) >= 11 is 0. The maximum Gasteiger partial charge on any atom is 0.509 e. The lowest BCUT2D eigenvalue weighted by Gasteiger charge is -2.67. The van der Waals surface area contributed by atoms with Gasteiger partial charge in [-0.15, -0.1) is 0 Å². The molecular weight excluding hydrogens is 853 g/mol. The summed E-state index contributed by atoms with van der Waals surface area (Å²) in [6, 6.07) is 6.60. The third kappa shape index (κ3) is 8.32. The van der Waals surface area contributed by atoms with E-state index >= 15 is 4.79 Å². The number of methoxy groups -OCH3 is 1. The Hall–Kier alpha value is -5.27. The number of esters is 3. The van der Waals surface area contributed by atoms with Gasteiger partial charge in [0.2, 0.25) is 5.60 Å². The molecule has 1 spiro atoms. The zero-order valence-corrected chi connectivity index (χ0v) is 39.2. The molecule has 2 bridgehead atoms. The lowest BCUT2D eigenvalue weighted by molar-refractivity contribution is -0.345. The van der Waals surface area contributed by atoms with Crippen LogP contribution in [0.1, 0.15) is 92.4 Å². The van der Waals surface area contributed by atoms with Gasteiger partial charge < -0.3 is 58.0 Å². The fraction of sp³-hybridized carbons (Fsp3) is 0.674. The lowest BCUT2D eigenvalue weighted by Crippen LogP contribution is -2.83. The normalized spacial score (nSPS) is 33.1. The van der Waals surface area contributed by atoms with E-state index in [9.17, 15) is 33.9 Å². The summed E-state index contributed by atoms with van der Waals surface area (Å²) in [5.74, 6) is -5.44. The van der Waals surface area contributed by atoms with Gasteiger partial charge in [0.25, 0.3) is 0 Å². The quantitative estimate of drug-likeness (QED) is 0.177. The molecule has 2 amide bonds. The Kier molecular flexibility index (Phi) is 13.2. The van der Waals surface area contributed by atoms with Crippen LogP contribution >= 0.6 is 0 Å². The summed E-state index contributed by atoms with van der Waals surface area (Å²) in [5.41, 5.74) is -8.33. The van der Waals surface area contributed by atoms with Crippen molar-refractivity contribution in [3.05, 3.63) is 47.0 Å². The van der Waals surface area contributed by atoms with Crippen LogP contribution in [0.2, 0.25) is 0 Å². The molecule has 12 atom stereocenters. The zero-order chi connectivity index (χ0) is 48.4. The molecule has 65 heavy (non-hydrogen) atoms. The van der Waals surface area contributed by atoms with Gasteiger partial charge >= 0.3 is 36.2 Å². The van der Waals surface area contributed by atoms with Crippen LogP contribution < -0.4 is 5.32 Å². The van der Waals surface area contributed by atoms with Crippen molar-refractivity contribution in [3.8, 4) is 0 Å². The number of carbonyl (C=O) groups is 7. The first kappa shape index (κ1) is 49.2. The van der Waals surface area contributed by atoms with Gasteiger partial charge in [-0.1, -0.05) is 45.9 Å². The van der Waals surface area contributed by atoms with Gasteiger partial charge in [0.05, 0.1) is 29.5 Å². The number of hydrogen-bond acceptors (Lipinski definition) is 17. The topological polar surface area (TPSA) is 238 Å². The summed E-state index contributed by atoms with van der Waals surface area (Å²) in [7, 11) is 4.17. The molecule has 6 rings (SSSR count). The standard InChI is InChI=1S/C46H62N2O17/c1-22(2)19-26(47-39(54)64-42(5,6)7)30(50)38(53)60-31-23(3)29-32(57-13)34(51)44(10)27(59-40(55)48(11)12)20-28-45(21-58-28,63-24(4)49)33(44)36(61-37(52)25-17-15-14-16-18-25)46(43(29,8)9)35(31)62-41(56)65-46/h14-18,22,26-28,30-33,35-36,50H,19-21H2,1-13H3,(H,47,54)/t26-,27-,28+,30+,31+,32+,33-,35-,36-,44+,45-,46+/m0/s1. The maximum absolute atomic E-state index is 15.9. The van der Waals surface area contributed by atoms with E-state index in [1.54, 1.807) is 52.8 Å². The summed E-state index contributed by atoms with van der Waals surface area (Å²) in [6.07, 6.45) is -14.4. The number of benzene rings is 1. The van der Waals surface area contributed by atoms with E-state index in [2.05, 4.69) is 5.32 Å². The van der Waals surface area contributed by atoms with Gasteiger partial charge in [0, 0.05) is 40.0 Å². The molecule has 3 aliphatic carbocycles. The smallest absolute Gasteiger partial charge is 0.454 e. The van der Waals surface area contributed by atoms with Crippen molar-refractivity contribution in [1.29, 1.82) is 0 Å². The van der Waals surface area contributed by atoms with Crippen LogP contribution in [0.3, 0.4) is 0 Å². The van der Waals surface area contributed by atoms with E-state index in [4.69, 9.17) is 42.6 Å². The van der Waals surface area contributed by atoms with E-state index in [-0.39, 0.29) is 42.1 Å². The molecule has 2 aliphatic heterocycles. The van der Waals surface area contributed by atoms with E-state index in [0.29, 0.717) is 0 Å². The summed E-state index contributed by atoms with van der Waals surface area (Å²) in [4.78, 5) is 99.9. The van der Waals surface area contributed by atoms with Crippen LogP contribution in [0.15, 0.2) is 41.5 Å². The number of ether oxygens (including phenoxy) is 9. The molecule has 0 unspecified atom stereocenters. The van der Waals surface area contributed by atoms with Crippen molar-refractivity contribution in [2.24, 2.45) is 22.7 Å². The number of rotatable bonds is 11. The Morgan fingerprint density at radius 3 is 2.18 bits per heavy atom. The van der Waals surface area contributed by atoms with Crippen molar-refractivity contribution in [2.45, 2.75) is 148 Å². The number of ketones is 1. The molecule has 0 radical (unpaired) electrons. The number of aliphatic hydroxyl groups is 1. The minimum absolute atomic E-state index is 0.0465. The van der Waals surface area contributed by atoms with Gasteiger partial charge in [0.15, 0.2) is 35.8 Å². The second kappa shape index (κ2) is 17.5. The SMILES string of the molecule is CO[C@H]1C(=O)[C@]2(C)[C@@H](OC(=O)N(C)C)C[C@H]3OC[C@@]3(OC(C)=O)[C@H]2[C@H](OC(=O)c2ccccc2)[C@]23OC(=O)O[C@H]2[C@H](OC(=O)[C@H](O)[C@H](CC(C)C)NC(=O)OC(C)(C)C)C(C)=C1C3(C)C. The second-order valence-electron chi connectivity index (χ2n) is 19.9. The Morgan fingerprint density at radius 1 is 1.00 bits per heavy atom. The Morgan fingerprint density at radius 2 is 1.65 bits per heavy atom. The fourth-order valence-electron chi connectivity index (χ4n) is 10.7. The van der Waals surface area contributed by atoms with Crippen LogP contribution in [0, 0.1) is 22.7 Å². The van der Waals surface area contributed by atoms with Crippen LogP contribution in [0.25, 0.3) is 0 Å². The summed E-state index contributed by atoms with van der Waals surface area (Å²) < 4.78 is 55.2. The maximum atomic E-state index is 15.9. The molecule has 19 heteroatoms. The minimum Gasteiger partial charge on any atom is -0.454 e. The molecule has 2 heterocycles. The minimum atomic E-state index is -2.30. The van der Waals surface area contributed by atoms with Crippen LogP contribution in [-0.4, -0.2) is 145 Å². The molecule has 1 aromatic rings. The van der Waals surface area contributed by atoms with Crippen molar-refractivity contribution in [2.75, 3.05) is 27.8 Å². The number of nitrogens with zero attached hydrogens (tertiary/aromatic N) is 1. The largest absolute Gasteiger partial charge is 0.509 e. The fourth-order valence-corrected chi connectivity index (χ4v) is 10.7. The molecule has 5 aliphatic rings. The molecule has 2 saturated carbocycles. The highest BCUT2D eigenvalue weighted by Gasteiger charge is 2.83. The monoisotopic (exact) mass is 914 g/mol. The number of carbonyl (C=O) groups excluding carboxylic acids is 7. The Balaban J connectivity index is 1.62. The van der Waals surface area contributed by atoms with Crippen LogP contribution in [-0.2, 0) is 57.0 Å². The van der Waals surface area contributed by atoms with Crippen molar-refractivity contribution < 1.29 is 81.3 Å². The van der Waals surface area contributed by atoms with E-state index in [0.717, 1.165) is 11.8 Å². The van der Waals surface area contributed by atoms with Crippen molar-refractivity contribution in [3.63, 3.8) is 0 Å². The molecule has 2 N–H and O–H groups in total. The predicted octanol–water partition coefficient (Wildman–Crippen LogP) is 4.45. The Labute approximate surface area is 378 Å². The average Bonchev–Trinajstić information content (AvgIpc) is 3.57. The second-order valence-corrected chi connectivity index (χ2v) is 19.9. The highest BCUT2D eigenvalue weighted by atomic mass is 16.8. The van der Waals surface area contributed by atoms with Crippen molar-refractivity contribution >= 4 is 42.0 Å². The van der Waals surface area contributed by atoms with E-state index < -0.39 is 124 Å². The molecule has 19 nitrogen and oxygen atoms in total. The number of alkyl carbamates (subject to hydrolysis) is 1. The third-order valence-corrected chi connectivity index (χ3v) is 13.5. The molecular formula is C46H62N2O17. The van der Waals surface area contributed by atoms with Gasteiger partial charge in [-0.05, 0) is 70.2 Å². The number of aliphatic hydroxyl groups excluding tert-OH is 1. The first-order valence-corrected chi connectivity index (χ1v) is 21.7. The highest BCUT2D eigenvalue weighted by Crippen LogP contribution is 2.67. The Bertz CT molecular complexity index is 2110. The van der Waals surface area contributed by atoms with Crippen molar-refractivity contribution in [1.82, 2.24) is 10.2 Å². The number of nitrogens with one attached hydrogen (secondary N) is 1. The van der Waals surface area contributed by atoms with E-state index in [1.807, 2.05) is 13.8 Å². The van der Waals surface area contributed by atoms with Gasteiger partial charge in [-0.2, -0.15) is 0 Å². The number of fused-ring (bicyclic) bond motifs is 4. The number of amides is 2. The molecule has 2 saturated heterocycles. The average molecular weight is 915 g/mol. The lowest BCUT2D eigenvalue weighted by atomic mass is 9.44. The summed E-state index contributed by atoms with van der Waals surface area (Å²) in [5, 5.41) is 14.3. The van der Waals surface area contributed by atoms with Gasteiger partial charge in [-0.25, -0.2) is 24.0 Å². The third-order valence-electron chi connectivity index (χ3n) is 13.5. The zero-order valence-electron chi connectivity index (χ0n) is 39.2. The van der Waals surface area contributed by atoms with Crippen LogP contribution in [0.4, 0.5) is 14.4 Å².